The van der Waals surface area contributed by atoms with E-state index in [0.29, 0.717) is 25.9 Å². The van der Waals surface area contributed by atoms with Crippen molar-refractivity contribution in [2.75, 3.05) is 13.2 Å². The van der Waals surface area contributed by atoms with Crippen LogP contribution in [0.5, 0.6) is 0 Å². The molecule has 0 aliphatic heterocycles. The monoisotopic (exact) mass is 1310 g/mol. The average Bonchev–Trinajstić information content (AvgIpc) is 3.78. The first kappa shape index (κ1) is 91.3. The maximum Gasteiger partial charge on any atom is 0.305 e. The van der Waals surface area contributed by atoms with Gasteiger partial charge in [0, 0.05) is 12.8 Å². The second-order valence-electron chi connectivity index (χ2n) is 29.9. The molecule has 2 atom stereocenters. The molecule has 0 saturated heterocycles. The van der Waals surface area contributed by atoms with Crippen LogP contribution in [0.15, 0.2) is 24.3 Å². The van der Waals surface area contributed by atoms with Crippen molar-refractivity contribution in [3.05, 3.63) is 24.3 Å². The van der Waals surface area contributed by atoms with E-state index in [4.69, 9.17) is 4.74 Å². The van der Waals surface area contributed by atoms with Gasteiger partial charge in [0.25, 0.3) is 0 Å². The molecular weight excluding hydrogens is 1140 g/mol. The number of amides is 1. The third-order valence-electron chi connectivity index (χ3n) is 20.5. The van der Waals surface area contributed by atoms with Gasteiger partial charge in [-0.15, -0.1) is 0 Å². The summed E-state index contributed by atoms with van der Waals surface area (Å²) in [6.45, 7) is 5.01. The van der Waals surface area contributed by atoms with Gasteiger partial charge in [0.15, 0.2) is 0 Å². The Kier molecular flexibility index (Phi) is 81.3. The molecule has 93 heavy (non-hydrogen) atoms. The Morgan fingerprint density at radius 2 is 0.505 bits per heavy atom. The Balaban J connectivity index is 3.33. The largest absolute Gasteiger partial charge is 0.466 e. The lowest BCUT2D eigenvalue weighted by Gasteiger charge is -2.22. The zero-order valence-electron chi connectivity index (χ0n) is 63.5. The van der Waals surface area contributed by atoms with Gasteiger partial charge in [-0.3, -0.25) is 9.59 Å². The van der Waals surface area contributed by atoms with E-state index in [0.717, 1.165) is 38.5 Å². The molecule has 0 aliphatic rings. The number of carbonyl (C=O) groups is 2. The number of hydrogen-bond donors (Lipinski definition) is 3. The van der Waals surface area contributed by atoms with Crippen molar-refractivity contribution >= 4 is 11.9 Å². The van der Waals surface area contributed by atoms with Gasteiger partial charge < -0.3 is 20.3 Å². The van der Waals surface area contributed by atoms with Gasteiger partial charge in [-0.25, -0.2) is 0 Å². The van der Waals surface area contributed by atoms with E-state index >= 15 is 0 Å². The van der Waals surface area contributed by atoms with Crippen LogP contribution in [0.1, 0.15) is 495 Å². The van der Waals surface area contributed by atoms with Gasteiger partial charge in [0.1, 0.15) is 0 Å². The van der Waals surface area contributed by atoms with Crippen molar-refractivity contribution in [3.8, 4) is 0 Å². The molecule has 0 spiro atoms. The smallest absolute Gasteiger partial charge is 0.305 e. The summed E-state index contributed by atoms with van der Waals surface area (Å²) in [4.78, 5) is 24.7. The molecule has 0 aromatic carbocycles. The van der Waals surface area contributed by atoms with Gasteiger partial charge >= 0.3 is 5.97 Å². The first-order valence-corrected chi connectivity index (χ1v) is 43.1. The fraction of sp³-hybridized carbons (Fsp3) is 0.931. The molecule has 0 aromatic rings. The summed E-state index contributed by atoms with van der Waals surface area (Å²) in [5.41, 5.74) is 0. The van der Waals surface area contributed by atoms with E-state index in [1.807, 2.05) is 0 Å². The molecule has 0 rings (SSSR count). The number of unbranched alkanes of at least 4 members (excludes halogenated alkanes) is 67. The molecule has 0 aromatic heterocycles. The fourth-order valence-electron chi connectivity index (χ4n) is 13.9. The Bertz CT molecular complexity index is 1460. The summed E-state index contributed by atoms with van der Waals surface area (Å²) in [6, 6.07) is -0.539. The minimum Gasteiger partial charge on any atom is -0.466 e. The van der Waals surface area contributed by atoms with Gasteiger partial charge in [-0.1, -0.05) is 430 Å². The molecule has 0 heterocycles. The van der Waals surface area contributed by atoms with E-state index in [1.54, 1.807) is 0 Å². The third kappa shape index (κ3) is 79.2. The maximum absolute atomic E-state index is 12.6. The number of nitrogens with one attached hydrogen (secondary N) is 1. The highest BCUT2D eigenvalue weighted by molar-refractivity contribution is 5.76. The highest BCUT2D eigenvalue weighted by atomic mass is 16.5. The number of carbonyl (C=O) groups excluding carboxylic acids is 2. The number of esters is 1. The molecule has 0 bridgehead atoms. The SMILES string of the molecule is CCCCCCCC/C=C\CCCCCCCCCC(=O)OCCCCCCCCCCCCCCCCCC/C=C\CCCCCCCCCCCCCCCCCCCC(=O)NC(CO)C(O)CCCCCCCCCCCCCCCCCCCCCCCC. The molecule has 1 amide bonds. The normalized spacial score (nSPS) is 12.5. The van der Waals surface area contributed by atoms with Gasteiger partial charge in [-0.05, 0) is 77.0 Å². The summed E-state index contributed by atoms with van der Waals surface area (Å²) in [7, 11) is 0. The molecule has 0 saturated carbocycles. The summed E-state index contributed by atoms with van der Waals surface area (Å²) in [5, 5.41) is 23.5. The van der Waals surface area contributed by atoms with Crippen LogP contribution < -0.4 is 5.32 Å². The van der Waals surface area contributed by atoms with Gasteiger partial charge in [0.2, 0.25) is 5.91 Å². The quantitative estimate of drug-likeness (QED) is 0.0320. The minimum atomic E-state index is -0.663. The van der Waals surface area contributed by atoms with Crippen LogP contribution in [0, 0.1) is 0 Å². The topological polar surface area (TPSA) is 95.9 Å². The fourth-order valence-corrected chi connectivity index (χ4v) is 13.9. The molecule has 0 radical (unpaired) electrons. The number of aliphatic hydroxyl groups is 2. The molecule has 0 fully saturated rings. The van der Waals surface area contributed by atoms with Crippen LogP contribution in [0.25, 0.3) is 0 Å². The lowest BCUT2D eigenvalue weighted by molar-refractivity contribution is -0.143. The lowest BCUT2D eigenvalue weighted by Crippen LogP contribution is -2.45. The van der Waals surface area contributed by atoms with Crippen molar-refractivity contribution in [1.29, 1.82) is 0 Å². The maximum atomic E-state index is 12.6. The first-order valence-electron chi connectivity index (χ1n) is 43.1. The van der Waals surface area contributed by atoms with Crippen LogP contribution >= 0.6 is 0 Å². The minimum absolute atomic E-state index is 0.0193. The van der Waals surface area contributed by atoms with Crippen LogP contribution in [0.3, 0.4) is 0 Å². The number of aliphatic hydroxyl groups excluding tert-OH is 2. The van der Waals surface area contributed by atoms with Crippen LogP contribution in [-0.2, 0) is 14.3 Å². The van der Waals surface area contributed by atoms with Crippen LogP contribution in [0.2, 0.25) is 0 Å². The molecule has 0 aliphatic carbocycles. The second-order valence-corrected chi connectivity index (χ2v) is 29.9. The van der Waals surface area contributed by atoms with Crippen LogP contribution in [0.4, 0.5) is 0 Å². The Labute approximate surface area is 583 Å². The second kappa shape index (κ2) is 82.8. The Hall–Kier alpha value is -1.66. The zero-order chi connectivity index (χ0) is 67.0. The van der Waals surface area contributed by atoms with Gasteiger partial charge in [0.05, 0.1) is 25.4 Å². The van der Waals surface area contributed by atoms with Crippen molar-refractivity contribution in [2.45, 2.75) is 508 Å². The van der Waals surface area contributed by atoms with Crippen molar-refractivity contribution < 1.29 is 24.5 Å². The Morgan fingerprint density at radius 1 is 0.290 bits per heavy atom. The molecular formula is C87H169NO5. The highest BCUT2D eigenvalue weighted by Crippen LogP contribution is 2.21. The first-order chi connectivity index (χ1) is 46.0. The van der Waals surface area contributed by atoms with E-state index in [1.165, 1.54) is 424 Å². The lowest BCUT2D eigenvalue weighted by atomic mass is 10.0. The zero-order valence-corrected chi connectivity index (χ0v) is 63.5. The standard InChI is InChI=1S/C87H169NO5/c1-3-5-7-9-11-13-15-17-19-21-22-23-41-44-48-51-55-59-63-67-71-75-79-85(90)84(83-89)88-86(91)80-76-72-68-64-60-56-52-49-45-42-39-37-35-33-31-29-27-25-24-26-28-30-32-34-36-38-40-43-46-50-54-58-62-66-70-74-78-82-93-87(92)81-77-73-69-65-61-57-53-47-20-18-16-14-12-10-8-6-4-2/h18,20,24,26,84-85,89-90H,3-17,19,21-23,25,27-83H2,1-2H3,(H,88,91)/b20-18-,26-24-. The summed E-state index contributed by atoms with van der Waals surface area (Å²) in [5.74, 6) is -0.00574. The molecule has 552 valence electrons. The molecule has 3 N–H and O–H groups in total. The number of ether oxygens (including phenoxy) is 1. The summed E-state index contributed by atoms with van der Waals surface area (Å²) >= 11 is 0. The Morgan fingerprint density at radius 3 is 0.763 bits per heavy atom. The highest BCUT2D eigenvalue weighted by Gasteiger charge is 2.20. The predicted molar refractivity (Wildman–Crippen MR) is 412 cm³/mol. The third-order valence-corrected chi connectivity index (χ3v) is 20.5. The number of allylic oxidation sites excluding steroid dienone is 4. The van der Waals surface area contributed by atoms with E-state index < -0.39 is 12.1 Å². The molecule has 6 heteroatoms. The average molecular weight is 1310 g/mol. The van der Waals surface area contributed by atoms with E-state index in [9.17, 15) is 19.8 Å². The predicted octanol–water partition coefficient (Wildman–Crippen LogP) is 28.8. The molecule has 6 nitrogen and oxygen atoms in total. The molecule has 2 unspecified atom stereocenters. The van der Waals surface area contributed by atoms with Crippen LogP contribution in [-0.4, -0.2) is 47.4 Å². The van der Waals surface area contributed by atoms with Crippen molar-refractivity contribution in [1.82, 2.24) is 5.32 Å². The van der Waals surface area contributed by atoms with E-state index in [-0.39, 0.29) is 18.5 Å². The number of hydrogen-bond acceptors (Lipinski definition) is 5. The number of rotatable bonds is 82. The summed E-state index contributed by atoms with van der Waals surface area (Å²) < 4.78 is 5.51. The van der Waals surface area contributed by atoms with E-state index in [2.05, 4.69) is 43.5 Å². The van der Waals surface area contributed by atoms with Crippen molar-refractivity contribution in [2.24, 2.45) is 0 Å². The van der Waals surface area contributed by atoms with Crippen molar-refractivity contribution in [3.63, 3.8) is 0 Å². The summed E-state index contributed by atoms with van der Waals surface area (Å²) in [6.07, 6.45) is 107. The van der Waals surface area contributed by atoms with Gasteiger partial charge in [-0.2, -0.15) is 0 Å².